The van der Waals surface area contributed by atoms with Crippen molar-refractivity contribution in [1.82, 2.24) is 4.98 Å². The van der Waals surface area contributed by atoms with Gasteiger partial charge < -0.3 is 10.1 Å². The minimum Gasteiger partial charge on any atom is -0.384 e. The van der Waals surface area contributed by atoms with E-state index in [2.05, 4.69) is 20.9 Å². The standard InChI is InChI=1S/C12H12BrNO/c1-8-3-2-4-10(11(8)13)12(15)9-5-6-14-7-9/h2-7,12,14-15H,1H3. The second kappa shape index (κ2) is 4.21. The van der Waals surface area contributed by atoms with E-state index in [1.807, 2.05) is 37.4 Å². The van der Waals surface area contributed by atoms with Gasteiger partial charge in [0.2, 0.25) is 0 Å². The Morgan fingerprint density at radius 3 is 2.80 bits per heavy atom. The van der Waals surface area contributed by atoms with Gasteiger partial charge in [0.1, 0.15) is 6.10 Å². The van der Waals surface area contributed by atoms with Crippen LogP contribution in [0.3, 0.4) is 0 Å². The minimum absolute atomic E-state index is 0.578. The van der Waals surface area contributed by atoms with Crippen LogP contribution in [-0.2, 0) is 0 Å². The number of H-pyrrole nitrogens is 1. The van der Waals surface area contributed by atoms with E-state index in [0.717, 1.165) is 21.2 Å². The Labute approximate surface area is 97.1 Å². The molecule has 1 unspecified atom stereocenters. The first-order valence-corrected chi connectivity index (χ1v) is 5.55. The van der Waals surface area contributed by atoms with Gasteiger partial charge in [0.15, 0.2) is 0 Å². The van der Waals surface area contributed by atoms with Crippen molar-refractivity contribution in [3.8, 4) is 0 Å². The summed E-state index contributed by atoms with van der Waals surface area (Å²) in [4.78, 5) is 2.94. The Kier molecular flexibility index (Phi) is 2.93. The molecular weight excluding hydrogens is 254 g/mol. The van der Waals surface area contributed by atoms with Crippen LogP contribution in [0.5, 0.6) is 0 Å². The molecule has 2 N–H and O–H groups in total. The summed E-state index contributed by atoms with van der Waals surface area (Å²) < 4.78 is 0.971. The lowest BCUT2D eigenvalue weighted by Crippen LogP contribution is -2.00. The highest BCUT2D eigenvalue weighted by atomic mass is 79.9. The number of hydrogen-bond donors (Lipinski definition) is 2. The van der Waals surface area contributed by atoms with Crippen molar-refractivity contribution in [3.05, 3.63) is 57.8 Å². The Balaban J connectivity index is 2.42. The van der Waals surface area contributed by atoms with Gasteiger partial charge in [-0.05, 0) is 24.1 Å². The van der Waals surface area contributed by atoms with Gasteiger partial charge in [-0.1, -0.05) is 34.1 Å². The van der Waals surface area contributed by atoms with E-state index in [1.165, 1.54) is 0 Å². The highest BCUT2D eigenvalue weighted by Gasteiger charge is 2.14. The van der Waals surface area contributed by atoms with Crippen LogP contribution < -0.4 is 0 Å². The van der Waals surface area contributed by atoms with Crippen LogP contribution in [0.2, 0.25) is 0 Å². The van der Waals surface area contributed by atoms with Crippen LogP contribution in [0.1, 0.15) is 22.8 Å². The Morgan fingerprint density at radius 2 is 2.13 bits per heavy atom. The quantitative estimate of drug-likeness (QED) is 0.860. The maximum absolute atomic E-state index is 10.1. The van der Waals surface area contributed by atoms with Crippen LogP contribution in [0.15, 0.2) is 41.1 Å². The van der Waals surface area contributed by atoms with Gasteiger partial charge in [0.25, 0.3) is 0 Å². The monoisotopic (exact) mass is 265 g/mol. The SMILES string of the molecule is Cc1cccc(C(O)c2cc[nH]c2)c1Br. The molecule has 0 saturated heterocycles. The van der Waals surface area contributed by atoms with Crippen LogP contribution >= 0.6 is 15.9 Å². The molecule has 1 aromatic heterocycles. The Morgan fingerprint density at radius 1 is 1.33 bits per heavy atom. The number of aromatic amines is 1. The molecule has 0 amide bonds. The summed E-state index contributed by atoms with van der Waals surface area (Å²) in [7, 11) is 0. The minimum atomic E-state index is -0.578. The summed E-state index contributed by atoms with van der Waals surface area (Å²) in [6.07, 6.45) is 3.03. The number of benzene rings is 1. The molecule has 0 spiro atoms. The maximum atomic E-state index is 10.1. The molecule has 2 rings (SSSR count). The zero-order valence-electron chi connectivity index (χ0n) is 8.37. The molecule has 0 bridgehead atoms. The van der Waals surface area contributed by atoms with Gasteiger partial charge in [-0.25, -0.2) is 0 Å². The molecule has 2 aromatic rings. The molecule has 1 aromatic carbocycles. The van der Waals surface area contributed by atoms with Gasteiger partial charge >= 0.3 is 0 Å². The lowest BCUT2D eigenvalue weighted by molar-refractivity contribution is 0.219. The van der Waals surface area contributed by atoms with Crippen LogP contribution in [0, 0.1) is 6.92 Å². The molecule has 2 nitrogen and oxygen atoms in total. The summed E-state index contributed by atoms with van der Waals surface area (Å²) in [5, 5.41) is 10.1. The topological polar surface area (TPSA) is 36.0 Å². The highest BCUT2D eigenvalue weighted by Crippen LogP contribution is 2.30. The van der Waals surface area contributed by atoms with Crippen molar-refractivity contribution in [2.24, 2.45) is 0 Å². The van der Waals surface area contributed by atoms with Crippen molar-refractivity contribution in [2.45, 2.75) is 13.0 Å². The third-order valence-electron chi connectivity index (χ3n) is 2.45. The fourth-order valence-corrected chi connectivity index (χ4v) is 2.05. The molecule has 0 aliphatic carbocycles. The van der Waals surface area contributed by atoms with Gasteiger partial charge in [-0.2, -0.15) is 0 Å². The molecule has 0 saturated carbocycles. The first-order valence-electron chi connectivity index (χ1n) is 4.76. The van der Waals surface area contributed by atoms with Crippen LogP contribution in [0.4, 0.5) is 0 Å². The van der Waals surface area contributed by atoms with E-state index in [0.29, 0.717) is 0 Å². The third kappa shape index (κ3) is 1.98. The number of aliphatic hydroxyl groups excluding tert-OH is 1. The number of aromatic nitrogens is 1. The van der Waals surface area contributed by atoms with Gasteiger partial charge in [0.05, 0.1) is 0 Å². The molecule has 3 heteroatoms. The molecule has 0 fully saturated rings. The molecule has 0 aliphatic rings. The number of halogens is 1. The predicted molar refractivity (Wildman–Crippen MR) is 63.7 cm³/mol. The van der Waals surface area contributed by atoms with Crippen molar-refractivity contribution in [2.75, 3.05) is 0 Å². The molecule has 78 valence electrons. The second-order valence-electron chi connectivity index (χ2n) is 3.52. The number of aliphatic hydroxyl groups is 1. The lowest BCUT2D eigenvalue weighted by atomic mass is 10.0. The third-order valence-corrected chi connectivity index (χ3v) is 3.54. The average Bonchev–Trinajstić information content (AvgIpc) is 2.74. The van der Waals surface area contributed by atoms with Crippen molar-refractivity contribution in [1.29, 1.82) is 0 Å². The first kappa shape index (κ1) is 10.5. The summed E-state index contributed by atoms with van der Waals surface area (Å²) in [5.41, 5.74) is 2.90. The Bertz CT molecular complexity index is 451. The number of aryl methyl sites for hydroxylation is 1. The molecule has 1 heterocycles. The van der Waals surface area contributed by atoms with Gasteiger partial charge in [-0.15, -0.1) is 0 Å². The van der Waals surface area contributed by atoms with E-state index in [4.69, 9.17) is 0 Å². The van der Waals surface area contributed by atoms with Crippen LogP contribution in [-0.4, -0.2) is 10.1 Å². The summed E-state index contributed by atoms with van der Waals surface area (Å²) in [6.45, 7) is 2.01. The summed E-state index contributed by atoms with van der Waals surface area (Å²) in [6, 6.07) is 7.76. The smallest absolute Gasteiger partial charge is 0.107 e. The molecule has 0 radical (unpaired) electrons. The summed E-state index contributed by atoms with van der Waals surface area (Å²) in [5.74, 6) is 0. The van der Waals surface area contributed by atoms with E-state index >= 15 is 0 Å². The summed E-state index contributed by atoms with van der Waals surface area (Å²) >= 11 is 3.50. The second-order valence-corrected chi connectivity index (χ2v) is 4.32. The molecule has 0 aliphatic heterocycles. The zero-order valence-corrected chi connectivity index (χ0v) is 9.95. The Hall–Kier alpha value is -1.06. The molecule has 15 heavy (non-hydrogen) atoms. The van der Waals surface area contributed by atoms with E-state index < -0.39 is 6.10 Å². The average molecular weight is 266 g/mol. The maximum Gasteiger partial charge on any atom is 0.107 e. The van der Waals surface area contributed by atoms with E-state index in [1.54, 1.807) is 6.20 Å². The van der Waals surface area contributed by atoms with Gasteiger partial charge in [0, 0.05) is 22.4 Å². The van der Waals surface area contributed by atoms with E-state index in [-0.39, 0.29) is 0 Å². The van der Waals surface area contributed by atoms with Crippen molar-refractivity contribution < 1.29 is 5.11 Å². The largest absolute Gasteiger partial charge is 0.384 e. The first-order chi connectivity index (χ1) is 7.20. The molecule has 1 atom stereocenters. The fourth-order valence-electron chi connectivity index (χ4n) is 1.57. The van der Waals surface area contributed by atoms with Crippen molar-refractivity contribution >= 4 is 15.9 Å². The fraction of sp³-hybridized carbons (Fsp3) is 0.167. The van der Waals surface area contributed by atoms with Crippen molar-refractivity contribution in [3.63, 3.8) is 0 Å². The normalized spacial score (nSPS) is 12.7. The zero-order chi connectivity index (χ0) is 10.8. The molecular formula is C12H12BrNO. The predicted octanol–water partition coefficient (Wildman–Crippen LogP) is 3.17. The number of rotatable bonds is 2. The highest BCUT2D eigenvalue weighted by molar-refractivity contribution is 9.10. The van der Waals surface area contributed by atoms with Gasteiger partial charge in [-0.3, -0.25) is 0 Å². The lowest BCUT2D eigenvalue weighted by Gasteiger charge is -2.12. The van der Waals surface area contributed by atoms with Crippen LogP contribution in [0.25, 0.3) is 0 Å². The number of hydrogen-bond acceptors (Lipinski definition) is 1. The van der Waals surface area contributed by atoms with E-state index in [9.17, 15) is 5.11 Å². The number of nitrogens with one attached hydrogen (secondary N) is 1.